The number of benzene rings is 2. The van der Waals surface area contributed by atoms with Crippen LogP contribution in [0.1, 0.15) is 75.0 Å². The van der Waals surface area contributed by atoms with Gasteiger partial charge in [-0.05, 0) is 68.7 Å². The number of aryl methyl sites for hydroxylation is 1. The number of alkyl halides is 1. The van der Waals surface area contributed by atoms with Crippen molar-refractivity contribution in [3.05, 3.63) is 71.3 Å². The topological polar surface area (TPSA) is 3.24 Å². The Morgan fingerprint density at radius 1 is 0.897 bits per heavy atom. The number of nitrogens with zero attached hydrogens (tertiary/aromatic N) is 1. The van der Waals surface area contributed by atoms with Gasteiger partial charge in [0.2, 0.25) is 0 Å². The van der Waals surface area contributed by atoms with Crippen LogP contribution in [0.3, 0.4) is 0 Å². The van der Waals surface area contributed by atoms with Crippen molar-refractivity contribution >= 4 is 0 Å². The van der Waals surface area contributed by atoms with E-state index in [-0.39, 0.29) is 5.92 Å². The Morgan fingerprint density at radius 2 is 1.59 bits per heavy atom. The second kappa shape index (κ2) is 11.5. The second-order valence-electron chi connectivity index (χ2n) is 8.81. The monoisotopic (exact) mass is 395 g/mol. The van der Waals surface area contributed by atoms with E-state index >= 15 is 0 Å². The molecule has 0 radical (unpaired) electrons. The number of hydrogen-bond acceptors (Lipinski definition) is 1. The molecule has 158 valence electrons. The summed E-state index contributed by atoms with van der Waals surface area (Å²) in [6.45, 7) is 6.92. The smallest absolute Gasteiger partial charge is 0.107 e. The van der Waals surface area contributed by atoms with Gasteiger partial charge in [0.15, 0.2) is 0 Å². The van der Waals surface area contributed by atoms with Gasteiger partial charge >= 0.3 is 0 Å². The van der Waals surface area contributed by atoms with E-state index in [2.05, 4.69) is 73.3 Å². The van der Waals surface area contributed by atoms with Crippen molar-refractivity contribution in [2.45, 2.75) is 83.3 Å². The SMILES string of the molecule is CCCN(CCc1ccccc1)C(C)CCc1ccc(C2CCCCC2F)cc1. The summed E-state index contributed by atoms with van der Waals surface area (Å²) in [7, 11) is 0. The van der Waals surface area contributed by atoms with E-state index in [1.54, 1.807) is 0 Å². The van der Waals surface area contributed by atoms with Crippen molar-refractivity contribution in [1.29, 1.82) is 0 Å². The van der Waals surface area contributed by atoms with Crippen molar-refractivity contribution in [3.8, 4) is 0 Å². The molecule has 2 aromatic rings. The summed E-state index contributed by atoms with van der Waals surface area (Å²) >= 11 is 0. The Kier molecular flexibility index (Phi) is 8.73. The molecule has 3 rings (SSSR count). The molecule has 0 amide bonds. The summed E-state index contributed by atoms with van der Waals surface area (Å²) in [4.78, 5) is 2.64. The maximum Gasteiger partial charge on any atom is 0.107 e. The molecule has 2 heteroatoms. The predicted octanol–water partition coefficient (Wildman–Crippen LogP) is 6.96. The fourth-order valence-electron chi connectivity index (χ4n) is 4.71. The van der Waals surface area contributed by atoms with Gasteiger partial charge in [0.1, 0.15) is 6.17 Å². The zero-order chi connectivity index (χ0) is 20.5. The Hall–Kier alpha value is -1.67. The summed E-state index contributed by atoms with van der Waals surface area (Å²) in [5, 5.41) is 0. The molecule has 1 fully saturated rings. The number of rotatable bonds is 10. The molecule has 0 N–H and O–H groups in total. The molecule has 0 heterocycles. The van der Waals surface area contributed by atoms with Gasteiger partial charge in [-0.25, -0.2) is 4.39 Å². The molecule has 1 nitrogen and oxygen atoms in total. The van der Waals surface area contributed by atoms with E-state index in [0.717, 1.165) is 45.2 Å². The largest absolute Gasteiger partial charge is 0.300 e. The van der Waals surface area contributed by atoms with E-state index in [1.807, 2.05) is 0 Å². The average molecular weight is 396 g/mol. The molecular formula is C27H38FN. The highest BCUT2D eigenvalue weighted by Crippen LogP contribution is 2.35. The third-order valence-electron chi connectivity index (χ3n) is 6.60. The van der Waals surface area contributed by atoms with Crippen LogP contribution in [-0.2, 0) is 12.8 Å². The maximum atomic E-state index is 14.2. The van der Waals surface area contributed by atoms with Crippen LogP contribution < -0.4 is 0 Å². The maximum absolute atomic E-state index is 14.2. The van der Waals surface area contributed by atoms with Crippen molar-refractivity contribution in [2.75, 3.05) is 13.1 Å². The van der Waals surface area contributed by atoms with Gasteiger partial charge in [-0.3, -0.25) is 0 Å². The molecule has 0 saturated heterocycles. The number of halogens is 1. The Labute approximate surface area is 177 Å². The van der Waals surface area contributed by atoms with E-state index in [0.29, 0.717) is 6.04 Å². The third-order valence-corrected chi connectivity index (χ3v) is 6.60. The summed E-state index contributed by atoms with van der Waals surface area (Å²) in [6, 6.07) is 20.2. The minimum atomic E-state index is -0.651. The van der Waals surface area contributed by atoms with Gasteiger partial charge in [0.05, 0.1) is 0 Å². The molecular weight excluding hydrogens is 357 g/mol. The van der Waals surface area contributed by atoms with Gasteiger partial charge in [0, 0.05) is 18.5 Å². The van der Waals surface area contributed by atoms with Crippen LogP contribution >= 0.6 is 0 Å². The lowest BCUT2D eigenvalue weighted by atomic mass is 9.82. The van der Waals surface area contributed by atoms with Crippen LogP contribution in [0.5, 0.6) is 0 Å². The highest BCUT2D eigenvalue weighted by molar-refractivity contribution is 5.27. The molecule has 3 unspecified atom stereocenters. The molecule has 0 spiro atoms. The first-order chi connectivity index (χ1) is 14.2. The van der Waals surface area contributed by atoms with Gasteiger partial charge in [-0.2, -0.15) is 0 Å². The fourth-order valence-corrected chi connectivity index (χ4v) is 4.71. The molecule has 1 aliphatic carbocycles. The Bertz CT molecular complexity index is 696. The van der Waals surface area contributed by atoms with E-state index in [1.165, 1.54) is 36.0 Å². The lowest BCUT2D eigenvalue weighted by Crippen LogP contribution is -2.35. The third kappa shape index (κ3) is 6.67. The molecule has 2 aromatic carbocycles. The fraction of sp³-hybridized carbons (Fsp3) is 0.556. The van der Waals surface area contributed by atoms with Crippen LogP contribution in [0.2, 0.25) is 0 Å². The van der Waals surface area contributed by atoms with Gasteiger partial charge in [-0.15, -0.1) is 0 Å². The summed E-state index contributed by atoms with van der Waals surface area (Å²) < 4.78 is 14.2. The van der Waals surface area contributed by atoms with Crippen LogP contribution in [0, 0.1) is 0 Å². The number of hydrogen-bond donors (Lipinski definition) is 0. The molecule has 1 saturated carbocycles. The van der Waals surface area contributed by atoms with Crippen LogP contribution in [0.25, 0.3) is 0 Å². The van der Waals surface area contributed by atoms with Crippen molar-refractivity contribution in [1.82, 2.24) is 4.90 Å². The first kappa shape index (κ1) is 22.0. The standard InChI is InChI=1S/C27H38FN/c1-3-20-29(21-19-23-9-5-4-6-10-23)22(2)13-14-24-15-17-25(18-16-24)26-11-7-8-12-27(26)28/h4-6,9-10,15-18,22,26-27H,3,7-8,11-14,19-21H2,1-2H3. The minimum Gasteiger partial charge on any atom is -0.300 e. The second-order valence-corrected chi connectivity index (χ2v) is 8.81. The normalized spacial score (nSPS) is 20.7. The van der Waals surface area contributed by atoms with Crippen molar-refractivity contribution in [3.63, 3.8) is 0 Å². The van der Waals surface area contributed by atoms with E-state index < -0.39 is 6.17 Å². The van der Waals surface area contributed by atoms with Gasteiger partial charge in [0.25, 0.3) is 0 Å². The van der Waals surface area contributed by atoms with Crippen molar-refractivity contribution < 1.29 is 4.39 Å². The molecule has 1 aliphatic rings. The lowest BCUT2D eigenvalue weighted by molar-refractivity contribution is 0.202. The summed E-state index contributed by atoms with van der Waals surface area (Å²) in [5.74, 6) is 0.120. The molecule has 0 aromatic heterocycles. The highest BCUT2D eigenvalue weighted by atomic mass is 19.1. The molecule has 3 atom stereocenters. The van der Waals surface area contributed by atoms with Crippen LogP contribution in [0.4, 0.5) is 4.39 Å². The van der Waals surface area contributed by atoms with Gasteiger partial charge < -0.3 is 4.90 Å². The predicted molar refractivity (Wildman–Crippen MR) is 122 cm³/mol. The molecule has 0 aliphatic heterocycles. The Morgan fingerprint density at radius 3 is 2.28 bits per heavy atom. The zero-order valence-corrected chi connectivity index (χ0v) is 18.3. The van der Waals surface area contributed by atoms with E-state index in [9.17, 15) is 4.39 Å². The summed E-state index contributed by atoms with van der Waals surface area (Å²) in [6.07, 6.45) is 7.88. The first-order valence-corrected chi connectivity index (χ1v) is 11.7. The zero-order valence-electron chi connectivity index (χ0n) is 18.3. The highest BCUT2D eigenvalue weighted by Gasteiger charge is 2.25. The molecule has 0 bridgehead atoms. The quantitative estimate of drug-likeness (QED) is 0.420. The summed E-state index contributed by atoms with van der Waals surface area (Å²) in [5.41, 5.74) is 4.00. The average Bonchev–Trinajstić information content (AvgIpc) is 2.76. The lowest BCUT2D eigenvalue weighted by Gasteiger charge is -2.29. The van der Waals surface area contributed by atoms with Crippen molar-refractivity contribution in [2.24, 2.45) is 0 Å². The Balaban J connectivity index is 1.50. The molecule has 29 heavy (non-hydrogen) atoms. The van der Waals surface area contributed by atoms with Crippen LogP contribution in [0.15, 0.2) is 54.6 Å². The van der Waals surface area contributed by atoms with Gasteiger partial charge in [-0.1, -0.05) is 74.4 Å². The van der Waals surface area contributed by atoms with Crippen LogP contribution in [-0.4, -0.2) is 30.2 Å². The van der Waals surface area contributed by atoms with E-state index in [4.69, 9.17) is 0 Å². The minimum absolute atomic E-state index is 0.120. The first-order valence-electron chi connectivity index (χ1n) is 11.7.